The molecule has 0 aromatic heterocycles. The van der Waals surface area contributed by atoms with Crippen LogP contribution in [0.3, 0.4) is 0 Å². The third-order valence-electron chi connectivity index (χ3n) is 2.29. The molecule has 0 aliphatic rings. The van der Waals surface area contributed by atoms with Gasteiger partial charge in [-0.1, -0.05) is 41.4 Å². The van der Waals surface area contributed by atoms with Crippen LogP contribution >= 0.6 is 11.6 Å². The molecule has 7 heteroatoms. The molecule has 2 aromatic carbocycles. The van der Waals surface area contributed by atoms with Crippen LogP contribution in [0, 0.1) is 27.2 Å². The van der Waals surface area contributed by atoms with Crippen LogP contribution in [-0.4, -0.2) is 9.85 Å². The first-order chi connectivity index (χ1) is 9.41. The standard InChI is InChI=1S/C7H7NO2.C6H4ClNO2/c1-6-2-4-7(5-3-6)8(9)10;7-5-3-1-2-4-6(5)8(9)10/h2-5H,1H3;1-4H. The van der Waals surface area contributed by atoms with Crippen molar-refractivity contribution in [1.82, 2.24) is 0 Å². The summed E-state index contributed by atoms with van der Waals surface area (Å²) >= 11 is 5.48. The molecule has 0 radical (unpaired) electrons. The molecule has 0 unspecified atom stereocenters. The maximum Gasteiger partial charge on any atom is 0.287 e. The number of hydrogen-bond acceptors (Lipinski definition) is 4. The zero-order valence-corrected chi connectivity index (χ0v) is 11.3. The fraction of sp³-hybridized carbons (Fsp3) is 0.0769. The number of nitro benzene ring substituents is 2. The Labute approximate surface area is 119 Å². The summed E-state index contributed by atoms with van der Waals surface area (Å²) in [5.74, 6) is 0. The van der Waals surface area contributed by atoms with Gasteiger partial charge >= 0.3 is 0 Å². The average molecular weight is 295 g/mol. The predicted octanol–water partition coefficient (Wildman–Crippen LogP) is 4.15. The number of nitrogens with zero attached hydrogens (tertiary/aromatic N) is 2. The van der Waals surface area contributed by atoms with Gasteiger partial charge in [0.25, 0.3) is 11.4 Å². The molecule has 0 aliphatic carbocycles. The Morgan fingerprint density at radius 1 is 0.900 bits per heavy atom. The first-order valence-electron chi connectivity index (χ1n) is 5.52. The molecule has 0 bridgehead atoms. The molecule has 2 rings (SSSR count). The van der Waals surface area contributed by atoms with E-state index in [-0.39, 0.29) is 16.4 Å². The van der Waals surface area contributed by atoms with E-state index in [9.17, 15) is 20.2 Å². The highest BCUT2D eigenvalue weighted by Gasteiger charge is 2.08. The van der Waals surface area contributed by atoms with E-state index < -0.39 is 9.85 Å². The summed E-state index contributed by atoms with van der Waals surface area (Å²) in [6.45, 7) is 1.89. The number of rotatable bonds is 2. The molecule has 104 valence electrons. The van der Waals surface area contributed by atoms with Crippen molar-refractivity contribution in [3.63, 3.8) is 0 Å². The predicted molar refractivity (Wildman–Crippen MR) is 75.9 cm³/mol. The number of hydrogen-bond donors (Lipinski definition) is 0. The van der Waals surface area contributed by atoms with Gasteiger partial charge in [0.05, 0.1) is 9.85 Å². The number of halogens is 1. The number of para-hydroxylation sites is 1. The second-order valence-corrected chi connectivity index (χ2v) is 4.21. The van der Waals surface area contributed by atoms with E-state index in [4.69, 9.17) is 11.6 Å². The topological polar surface area (TPSA) is 86.3 Å². The number of nitro groups is 2. The van der Waals surface area contributed by atoms with Gasteiger partial charge in [-0.05, 0) is 13.0 Å². The quantitative estimate of drug-likeness (QED) is 0.615. The van der Waals surface area contributed by atoms with Gasteiger partial charge in [-0.25, -0.2) is 0 Å². The highest BCUT2D eigenvalue weighted by molar-refractivity contribution is 6.32. The first-order valence-corrected chi connectivity index (χ1v) is 5.89. The number of non-ortho nitro benzene ring substituents is 1. The summed E-state index contributed by atoms with van der Waals surface area (Å²) in [5.41, 5.74) is 1.13. The molecule has 0 N–H and O–H groups in total. The van der Waals surface area contributed by atoms with Crippen molar-refractivity contribution in [2.24, 2.45) is 0 Å². The van der Waals surface area contributed by atoms with Gasteiger partial charge in [-0.2, -0.15) is 0 Å². The van der Waals surface area contributed by atoms with Crippen molar-refractivity contribution >= 4 is 23.0 Å². The van der Waals surface area contributed by atoms with Crippen LogP contribution in [0.15, 0.2) is 48.5 Å². The van der Waals surface area contributed by atoms with Crippen molar-refractivity contribution in [2.45, 2.75) is 6.92 Å². The van der Waals surface area contributed by atoms with Crippen molar-refractivity contribution in [3.05, 3.63) is 79.3 Å². The average Bonchev–Trinajstić information content (AvgIpc) is 2.40. The third kappa shape index (κ3) is 4.66. The molecule has 0 spiro atoms. The number of aryl methyl sites for hydroxylation is 1. The maximum absolute atomic E-state index is 10.1. The fourth-order valence-corrected chi connectivity index (χ4v) is 1.47. The first kappa shape index (κ1) is 15.6. The largest absolute Gasteiger partial charge is 0.287 e. The van der Waals surface area contributed by atoms with E-state index in [0.717, 1.165) is 5.56 Å². The molecular formula is C13H11ClN2O4. The minimum absolute atomic E-state index is 0.0517. The minimum atomic E-state index is -0.512. The van der Waals surface area contributed by atoms with Gasteiger partial charge in [0.2, 0.25) is 0 Å². The second-order valence-electron chi connectivity index (χ2n) is 3.80. The lowest BCUT2D eigenvalue weighted by Gasteiger charge is -1.90. The molecule has 0 saturated heterocycles. The lowest BCUT2D eigenvalue weighted by molar-refractivity contribution is -0.385. The molecule has 20 heavy (non-hydrogen) atoms. The van der Waals surface area contributed by atoms with E-state index in [1.807, 2.05) is 6.92 Å². The highest BCUT2D eigenvalue weighted by atomic mass is 35.5. The van der Waals surface area contributed by atoms with E-state index in [1.165, 1.54) is 24.3 Å². The monoisotopic (exact) mass is 294 g/mol. The minimum Gasteiger partial charge on any atom is -0.258 e. The Bertz CT molecular complexity index is 614. The zero-order chi connectivity index (χ0) is 15.1. The summed E-state index contributed by atoms with van der Waals surface area (Å²) in [4.78, 5) is 19.3. The Morgan fingerprint density at radius 3 is 1.85 bits per heavy atom. The normalized spacial score (nSPS) is 9.30. The Balaban J connectivity index is 0.000000200. The lowest BCUT2D eigenvalue weighted by atomic mass is 10.2. The highest BCUT2D eigenvalue weighted by Crippen LogP contribution is 2.22. The summed E-state index contributed by atoms with van der Waals surface area (Å²) in [6.07, 6.45) is 0. The molecule has 6 nitrogen and oxygen atoms in total. The molecule has 2 aromatic rings. The third-order valence-corrected chi connectivity index (χ3v) is 2.61. The molecule has 0 amide bonds. The van der Waals surface area contributed by atoms with E-state index in [0.29, 0.717) is 0 Å². The zero-order valence-electron chi connectivity index (χ0n) is 10.5. The van der Waals surface area contributed by atoms with Crippen LogP contribution in [0.4, 0.5) is 11.4 Å². The van der Waals surface area contributed by atoms with Crippen LogP contribution < -0.4 is 0 Å². The Hall–Kier alpha value is -2.47. The van der Waals surface area contributed by atoms with Gasteiger partial charge in [-0.3, -0.25) is 20.2 Å². The lowest BCUT2D eigenvalue weighted by Crippen LogP contribution is -1.87. The molecule has 0 atom stereocenters. The van der Waals surface area contributed by atoms with Crippen molar-refractivity contribution in [3.8, 4) is 0 Å². The summed E-state index contributed by atoms with van der Waals surface area (Å²) in [6, 6.07) is 12.5. The number of benzene rings is 2. The fourth-order valence-electron chi connectivity index (χ4n) is 1.27. The van der Waals surface area contributed by atoms with Crippen molar-refractivity contribution in [2.75, 3.05) is 0 Å². The van der Waals surface area contributed by atoms with Crippen LogP contribution in [0.2, 0.25) is 5.02 Å². The van der Waals surface area contributed by atoms with Gasteiger partial charge in [-0.15, -0.1) is 0 Å². The summed E-state index contributed by atoms with van der Waals surface area (Å²) in [5, 5.41) is 20.4. The van der Waals surface area contributed by atoms with Crippen molar-refractivity contribution < 1.29 is 9.85 Å². The second kappa shape index (κ2) is 7.20. The van der Waals surface area contributed by atoms with Crippen molar-refractivity contribution in [1.29, 1.82) is 0 Å². The van der Waals surface area contributed by atoms with Gasteiger partial charge in [0.15, 0.2) is 0 Å². The molecule has 0 aliphatic heterocycles. The molecular weight excluding hydrogens is 284 g/mol. The van der Waals surface area contributed by atoms with Gasteiger partial charge < -0.3 is 0 Å². The Kier molecular flexibility index (Phi) is 5.61. The maximum atomic E-state index is 10.1. The molecule has 0 fully saturated rings. The van der Waals surface area contributed by atoms with E-state index in [2.05, 4.69) is 0 Å². The Morgan fingerprint density at radius 2 is 1.45 bits per heavy atom. The summed E-state index contributed by atoms with van der Waals surface area (Å²) in [7, 11) is 0. The summed E-state index contributed by atoms with van der Waals surface area (Å²) < 4.78 is 0. The SMILES string of the molecule is Cc1ccc([N+](=O)[O-])cc1.O=[N+]([O-])c1ccccc1Cl. The van der Waals surface area contributed by atoms with E-state index in [1.54, 1.807) is 24.3 Å². The molecule has 0 heterocycles. The van der Waals surface area contributed by atoms with Gasteiger partial charge in [0.1, 0.15) is 5.02 Å². The smallest absolute Gasteiger partial charge is 0.258 e. The van der Waals surface area contributed by atoms with Crippen LogP contribution in [-0.2, 0) is 0 Å². The van der Waals surface area contributed by atoms with E-state index >= 15 is 0 Å². The van der Waals surface area contributed by atoms with Crippen LogP contribution in [0.1, 0.15) is 5.56 Å². The van der Waals surface area contributed by atoms with Gasteiger partial charge in [0, 0.05) is 18.2 Å². The molecule has 0 saturated carbocycles. The van der Waals surface area contributed by atoms with Crippen LogP contribution in [0.25, 0.3) is 0 Å². The van der Waals surface area contributed by atoms with Crippen LogP contribution in [0.5, 0.6) is 0 Å².